The molecule has 0 aliphatic heterocycles. The summed E-state index contributed by atoms with van der Waals surface area (Å²) in [5.41, 5.74) is 0.806. The highest BCUT2D eigenvalue weighted by atomic mass is 32.2. The van der Waals surface area contributed by atoms with Gasteiger partial charge in [-0.1, -0.05) is 6.07 Å². The van der Waals surface area contributed by atoms with Gasteiger partial charge < -0.3 is 5.11 Å². The van der Waals surface area contributed by atoms with Crippen LogP contribution in [0.2, 0.25) is 0 Å². The van der Waals surface area contributed by atoms with Crippen LogP contribution in [0.5, 0.6) is 0 Å². The van der Waals surface area contributed by atoms with E-state index in [1.165, 1.54) is 0 Å². The highest BCUT2D eigenvalue weighted by Crippen LogP contribution is 2.27. The predicted octanol–water partition coefficient (Wildman–Crippen LogP) is 2.65. The van der Waals surface area contributed by atoms with E-state index in [2.05, 4.69) is 4.98 Å². The summed E-state index contributed by atoms with van der Waals surface area (Å²) in [5.74, 6) is -0.939. The number of aromatic carboxylic acids is 1. The number of thioether (sulfide) groups is 1. The van der Waals surface area contributed by atoms with Gasteiger partial charge in [-0.15, -0.1) is 11.8 Å². The summed E-state index contributed by atoms with van der Waals surface area (Å²) < 4.78 is 0. The fourth-order valence-corrected chi connectivity index (χ4v) is 2.09. The van der Waals surface area contributed by atoms with Crippen LogP contribution >= 0.6 is 11.8 Å². The van der Waals surface area contributed by atoms with Gasteiger partial charge in [0, 0.05) is 16.5 Å². The Hall–Kier alpha value is -1.55. The average molecular weight is 219 g/mol. The number of pyridine rings is 1. The third-order valence-electron chi connectivity index (χ3n) is 2.18. The number of carboxylic acid groups (broad SMARTS) is 1. The highest BCUT2D eigenvalue weighted by molar-refractivity contribution is 7.98. The van der Waals surface area contributed by atoms with Crippen molar-refractivity contribution in [3.63, 3.8) is 0 Å². The maximum absolute atomic E-state index is 11.0. The van der Waals surface area contributed by atoms with Crippen LogP contribution in [0.3, 0.4) is 0 Å². The van der Waals surface area contributed by atoms with Crippen molar-refractivity contribution < 1.29 is 9.90 Å². The summed E-state index contributed by atoms with van der Waals surface area (Å²) >= 11 is 1.59. The molecular weight excluding hydrogens is 210 g/mol. The molecule has 3 nitrogen and oxygen atoms in total. The van der Waals surface area contributed by atoms with Crippen molar-refractivity contribution in [3.8, 4) is 0 Å². The van der Waals surface area contributed by atoms with Crippen molar-refractivity contribution in [1.29, 1.82) is 0 Å². The van der Waals surface area contributed by atoms with Crippen LogP contribution in [-0.2, 0) is 0 Å². The van der Waals surface area contributed by atoms with E-state index in [-0.39, 0.29) is 5.56 Å². The lowest BCUT2D eigenvalue weighted by atomic mass is 10.1. The smallest absolute Gasteiger partial charge is 0.337 e. The van der Waals surface area contributed by atoms with Gasteiger partial charge >= 0.3 is 5.97 Å². The average Bonchev–Trinajstić information content (AvgIpc) is 2.27. The minimum atomic E-state index is -0.939. The lowest BCUT2D eigenvalue weighted by Crippen LogP contribution is -1.99. The lowest BCUT2D eigenvalue weighted by Gasteiger charge is -2.05. The maximum Gasteiger partial charge on any atom is 0.337 e. The Labute approximate surface area is 91.1 Å². The third-order valence-corrected chi connectivity index (χ3v) is 2.98. The Morgan fingerprint density at radius 1 is 1.40 bits per heavy atom. The summed E-state index contributed by atoms with van der Waals surface area (Å²) in [5, 5.41) is 9.89. The fourth-order valence-electron chi connectivity index (χ4n) is 1.50. The number of carbonyl (C=O) groups is 1. The van der Waals surface area contributed by atoms with Crippen LogP contribution in [0.15, 0.2) is 35.4 Å². The van der Waals surface area contributed by atoms with Gasteiger partial charge in [0.05, 0.1) is 11.1 Å². The van der Waals surface area contributed by atoms with Gasteiger partial charge in [-0.05, 0) is 24.5 Å². The van der Waals surface area contributed by atoms with Gasteiger partial charge in [0.25, 0.3) is 0 Å². The van der Waals surface area contributed by atoms with Crippen molar-refractivity contribution in [3.05, 3.63) is 36.0 Å². The van der Waals surface area contributed by atoms with Crippen molar-refractivity contribution in [1.82, 2.24) is 4.98 Å². The third kappa shape index (κ3) is 1.68. The van der Waals surface area contributed by atoms with Crippen molar-refractivity contribution in [2.45, 2.75) is 4.90 Å². The van der Waals surface area contributed by atoms with Crippen LogP contribution in [0.25, 0.3) is 10.9 Å². The second-order valence-electron chi connectivity index (χ2n) is 3.02. The maximum atomic E-state index is 11.0. The number of hydrogen-bond acceptors (Lipinski definition) is 3. The van der Waals surface area contributed by atoms with Gasteiger partial charge in [0.1, 0.15) is 0 Å². The first-order valence-electron chi connectivity index (χ1n) is 4.39. The first kappa shape index (κ1) is 9.98. The van der Waals surface area contributed by atoms with Gasteiger partial charge in [0.15, 0.2) is 0 Å². The van der Waals surface area contributed by atoms with E-state index in [1.807, 2.05) is 24.5 Å². The van der Waals surface area contributed by atoms with E-state index in [0.29, 0.717) is 5.52 Å². The lowest BCUT2D eigenvalue weighted by molar-refractivity contribution is 0.0699. The number of hydrogen-bond donors (Lipinski definition) is 1. The van der Waals surface area contributed by atoms with E-state index in [9.17, 15) is 4.79 Å². The molecule has 4 heteroatoms. The molecule has 2 rings (SSSR count). The van der Waals surface area contributed by atoms with Crippen LogP contribution in [0, 0.1) is 0 Å². The molecule has 1 heterocycles. The monoisotopic (exact) mass is 219 g/mol. The summed E-state index contributed by atoms with van der Waals surface area (Å²) in [6.07, 6.45) is 3.57. The van der Waals surface area contributed by atoms with Crippen LogP contribution in [0.4, 0.5) is 0 Å². The molecule has 0 saturated carbocycles. The highest BCUT2D eigenvalue weighted by Gasteiger charge is 2.11. The summed E-state index contributed by atoms with van der Waals surface area (Å²) in [7, 11) is 0. The van der Waals surface area contributed by atoms with Crippen molar-refractivity contribution in [2.24, 2.45) is 0 Å². The zero-order chi connectivity index (χ0) is 10.8. The normalized spacial score (nSPS) is 10.5. The Kier molecular flexibility index (Phi) is 2.60. The molecule has 0 bridgehead atoms. The Morgan fingerprint density at radius 2 is 2.20 bits per heavy atom. The number of aromatic nitrogens is 1. The SMILES string of the molecule is CSc1ccc(C(=O)O)c2ncccc12. The molecule has 0 atom stereocenters. The topological polar surface area (TPSA) is 50.2 Å². The van der Waals surface area contributed by atoms with Gasteiger partial charge in [0.2, 0.25) is 0 Å². The number of rotatable bonds is 2. The fraction of sp³-hybridized carbons (Fsp3) is 0.0909. The van der Waals surface area contributed by atoms with E-state index in [4.69, 9.17) is 5.11 Å². The van der Waals surface area contributed by atoms with Crippen LogP contribution in [0.1, 0.15) is 10.4 Å². The number of nitrogens with zero attached hydrogens (tertiary/aromatic N) is 1. The van der Waals surface area contributed by atoms with E-state index >= 15 is 0 Å². The van der Waals surface area contributed by atoms with Crippen LogP contribution < -0.4 is 0 Å². The predicted molar refractivity (Wildman–Crippen MR) is 60.5 cm³/mol. The summed E-state index contributed by atoms with van der Waals surface area (Å²) in [4.78, 5) is 16.1. The molecule has 1 aromatic carbocycles. The summed E-state index contributed by atoms with van der Waals surface area (Å²) in [6.45, 7) is 0. The zero-order valence-corrected chi connectivity index (χ0v) is 8.91. The molecule has 0 spiro atoms. The second kappa shape index (κ2) is 3.90. The van der Waals surface area contributed by atoms with Crippen molar-refractivity contribution in [2.75, 3.05) is 6.26 Å². The van der Waals surface area contributed by atoms with Gasteiger partial charge in [-0.25, -0.2) is 4.79 Å². The first-order chi connectivity index (χ1) is 7.24. The van der Waals surface area contributed by atoms with Crippen LogP contribution in [-0.4, -0.2) is 22.3 Å². The minimum Gasteiger partial charge on any atom is -0.478 e. The molecule has 2 aromatic rings. The molecule has 0 saturated heterocycles. The molecule has 1 N–H and O–H groups in total. The number of benzene rings is 1. The van der Waals surface area contributed by atoms with E-state index in [0.717, 1.165) is 10.3 Å². The van der Waals surface area contributed by atoms with Gasteiger partial charge in [-0.2, -0.15) is 0 Å². The first-order valence-corrected chi connectivity index (χ1v) is 5.61. The Bertz CT molecular complexity index is 525. The molecule has 1 aromatic heterocycles. The largest absolute Gasteiger partial charge is 0.478 e. The van der Waals surface area contributed by atoms with E-state index in [1.54, 1.807) is 24.0 Å². The number of carboxylic acids is 1. The van der Waals surface area contributed by atoms with Gasteiger partial charge in [-0.3, -0.25) is 4.98 Å². The molecule has 0 aliphatic carbocycles. The molecule has 0 fully saturated rings. The molecular formula is C11H9NO2S. The van der Waals surface area contributed by atoms with E-state index < -0.39 is 5.97 Å². The standard InChI is InChI=1S/C11H9NO2S/c1-15-9-5-4-8(11(13)14)10-7(9)3-2-6-12-10/h2-6H,1H3,(H,13,14). The minimum absolute atomic E-state index is 0.253. The summed E-state index contributed by atoms with van der Waals surface area (Å²) in [6, 6.07) is 7.12. The van der Waals surface area contributed by atoms with Crippen molar-refractivity contribution >= 4 is 28.6 Å². The second-order valence-corrected chi connectivity index (χ2v) is 3.87. The molecule has 0 unspecified atom stereocenters. The molecule has 15 heavy (non-hydrogen) atoms. The quantitative estimate of drug-likeness (QED) is 0.789. The molecule has 0 radical (unpaired) electrons. The number of fused-ring (bicyclic) bond motifs is 1. The Morgan fingerprint density at radius 3 is 2.87 bits per heavy atom. The molecule has 0 aliphatic rings. The molecule has 76 valence electrons. The Balaban J connectivity index is 2.83. The zero-order valence-electron chi connectivity index (χ0n) is 8.10. The molecule has 0 amide bonds.